The number of carbonyl (C=O) groups is 3. The molecule has 0 radical (unpaired) electrons. The van der Waals surface area contributed by atoms with Crippen LogP contribution < -0.4 is 16.0 Å². The molecule has 7 nitrogen and oxygen atoms in total. The summed E-state index contributed by atoms with van der Waals surface area (Å²) in [5.41, 5.74) is 5.58. The number of anilines is 2. The number of hydrogen-bond donors (Lipinski definition) is 3. The molecule has 1 heterocycles. The minimum absolute atomic E-state index is 0.0131. The minimum atomic E-state index is -0.525. The fraction of sp³-hybridized carbons (Fsp3) is 0.0714. The van der Waals surface area contributed by atoms with Gasteiger partial charge in [0.05, 0.1) is 0 Å². The highest BCUT2D eigenvalue weighted by Gasteiger charge is 2.23. The Hall–Kier alpha value is -6.12. The predicted molar refractivity (Wildman–Crippen MR) is 201 cm³/mol. The number of nitrogens with one attached hydrogen (secondary N) is 3. The second kappa shape index (κ2) is 15.9. The summed E-state index contributed by atoms with van der Waals surface area (Å²) in [7, 11) is 0. The largest absolute Gasteiger partial charge is 0.457 e. The van der Waals surface area contributed by atoms with Crippen molar-refractivity contribution < 1.29 is 18.8 Å². The fourth-order valence-corrected chi connectivity index (χ4v) is 6.18. The zero-order valence-electron chi connectivity index (χ0n) is 27.6. The zero-order valence-corrected chi connectivity index (χ0v) is 28.4. The lowest BCUT2D eigenvalue weighted by Gasteiger charge is -2.18. The van der Waals surface area contributed by atoms with Crippen molar-refractivity contribution in [2.75, 3.05) is 10.6 Å². The summed E-state index contributed by atoms with van der Waals surface area (Å²) in [6.07, 6.45) is 1.51. The number of amides is 3. The van der Waals surface area contributed by atoms with Crippen molar-refractivity contribution in [1.82, 2.24) is 5.32 Å². The molecule has 0 saturated carbocycles. The van der Waals surface area contributed by atoms with Gasteiger partial charge in [0.25, 0.3) is 11.8 Å². The van der Waals surface area contributed by atoms with E-state index in [1.165, 1.54) is 17.8 Å². The number of carbonyl (C=O) groups excluding carboxylic acids is 3. The molecule has 0 spiro atoms. The van der Waals surface area contributed by atoms with E-state index < -0.39 is 17.1 Å². The molecule has 50 heavy (non-hydrogen) atoms. The first-order valence-corrected chi connectivity index (χ1v) is 16.9. The third-order valence-corrected chi connectivity index (χ3v) is 9.15. The minimum Gasteiger partial charge on any atom is -0.457 e. The van der Waals surface area contributed by atoms with Crippen molar-refractivity contribution in [3.05, 3.63) is 179 Å². The van der Waals surface area contributed by atoms with Gasteiger partial charge in [-0.3, -0.25) is 14.4 Å². The van der Waals surface area contributed by atoms with E-state index >= 15 is 0 Å². The Labute approximate surface area is 295 Å². The standard InChI is InChI=1S/C42H35N3O4S/c1-28-17-19-30(20-18-28)38-26-23-34(49-38)27-37(45-40(46)32-14-7-4-8-15-32)41(47)43-33-21-24-35(25-22-33)50-39(31-12-5-3-6-13-31)42(48)44-36-16-10-9-11-29(36)2/h3-27,39H,1-2H3,(H,43,47)(H,44,48)(H,45,46)/b37-27-/t39-/m0/s1. The van der Waals surface area contributed by atoms with Gasteiger partial charge in [-0.05, 0) is 79.6 Å². The van der Waals surface area contributed by atoms with Crippen LogP contribution in [0.4, 0.5) is 11.4 Å². The first kappa shape index (κ1) is 33.8. The van der Waals surface area contributed by atoms with Gasteiger partial charge < -0.3 is 20.4 Å². The van der Waals surface area contributed by atoms with Gasteiger partial charge in [0.2, 0.25) is 5.91 Å². The Balaban J connectivity index is 1.20. The lowest BCUT2D eigenvalue weighted by atomic mass is 10.1. The summed E-state index contributed by atoms with van der Waals surface area (Å²) in [5, 5.41) is 8.19. The van der Waals surface area contributed by atoms with Crippen LogP contribution in [0.2, 0.25) is 0 Å². The second-order valence-electron chi connectivity index (χ2n) is 11.6. The van der Waals surface area contributed by atoms with Crippen LogP contribution in [0.1, 0.15) is 38.1 Å². The summed E-state index contributed by atoms with van der Waals surface area (Å²) < 4.78 is 6.04. The monoisotopic (exact) mass is 677 g/mol. The smallest absolute Gasteiger partial charge is 0.272 e. The average Bonchev–Trinajstić information content (AvgIpc) is 3.61. The van der Waals surface area contributed by atoms with E-state index in [2.05, 4.69) is 16.0 Å². The molecule has 248 valence electrons. The molecule has 0 saturated heterocycles. The van der Waals surface area contributed by atoms with Crippen molar-refractivity contribution in [3.63, 3.8) is 0 Å². The first-order valence-electron chi connectivity index (χ1n) is 16.1. The molecule has 6 rings (SSSR count). The van der Waals surface area contributed by atoms with E-state index in [0.29, 0.717) is 22.8 Å². The summed E-state index contributed by atoms with van der Waals surface area (Å²) in [4.78, 5) is 41.2. The van der Waals surface area contributed by atoms with E-state index in [4.69, 9.17) is 4.42 Å². The maximum Gasteiger partial charge on any atom is 0.272 e. The molecule has 0 aliphatic carbocycles. The topological polar surface area (TPSA) is 100 Å². The molecule has 0 unspecified atom stereocenters. The zero-order chi connectivity index (χ0) is 34.9. The van der Waals surface area contributed by atoms with Crippen LogP contribution in [0.5, 0.6) is 0 Å². The number of benzene rings is 5. The van der Waals surface area contributed by atoms with Crippen molar-refractivity contribution in [2.45, 2.75) is 24.0 Å². The quantitative estimate of drug-likeness (QED) is 0.0937. The molecule has 3 N–H and O–H groups in total. The Morgan fingerprint density at radius 1 is 0.680 bits per heavy atom. The molecule has 0 bridgehead atoms. The van der Waals surface area contributed by atoms with Crippen LogP contribution in [0.3, 0.4) is 0 Å². The molecule has 3 amide bonds. The molecule has 0 fully saturated rings. The summed E-state index contributed by atoms with van der Waals surface area (Å²) >= 11 is 1.41. The molecule has 0 aliphatic heterocycles. The van der Waals surface area contributed by atoms with E-state index in [0.717, 1.165) is 32.8 Å². The van der Waals surface area contributed by atoms with Crippen LogP contribution in [-0.2, 0) is 9.59 Å². The number of furan rings is 1. The summed E-state index contributed by atoms with van der Waals surface area (Å²) in [5.74, 6) is -0.0513. The van der Waals surface area contributed by atoms with Gasteiger partial charge in [0.1, 0.15) is 22.5 Å². The third kappa shape index (κ3) is 8.66. The number of hydrogen-bond acceptors (Lipinski definition) is 5. The van der Waals surface area contributed by atoms with E-state index in [1.807, 2.05) is 117 Å². The Morgan fingerprint density at radius 3 is 2.04 bits per heavy atom. The van der Waals surface area contributed by atoms with Crippen molar-refractivity contribution in [3.8, 4) is 11.3 Å². The highest BCUT2D eigenvalue weighted by Crippen LogP contribution is 2.37. The summed E-state index contributed by atoms with van der Waals surface area (Å²) in [6, 6.07) is 44.7. The van der Waals surface area contributed by atoms with E-state index in [-0.39, 0.29) is 11.6 Å². The van der Waals surface area contributed by atoms with Gasteiger partial charge in [-0.1, -0.05) is 96.6 Å². The maximum atomic E-state index is 13.6. The highest BCUT2D eigenvalue weighted by molar-refractivity contribution is 8.00. The number of rotatable bonds is 11. The molecule has 6 aromatic rings. The second-order valence-corrected chi connectivity index (χ2v) is 12.8. The highest BCUT2D eigenvalue weighted by atomic mass is 32.2. The van der Waals surface area contributed by atoms with Crippen LogP contribution >= 0.6 is 11.8 Å². The van der Waals surface area contributed by atoms with Crippen LogP contribution in [-0.4, -0.2) is 17.7 Å². The van der Waals surface area contributed by atoms with Crippen LogP contribution in [0.15, 0.2) is 161 Å². The normalized spacial score (nSPS) is 11.8. The van der Waals surface area contributed by atoms with Crippen LogP contribution in [0.25, 0.3) is 17.4 Å². The number of thioether (sulfide) groups is 1. The number of aryl methyl sites for hydroxylation is 2. The SMILES string of the molecule is Cc1ccc(-c2ccc(/C=C(\NC(=O)c3ccccc3)C(=O)Nc3ccc(S[C@H](C(=O)Nc4ccccc4C)c4ccccc4)cc3)o2)cc1. The molecular formula is C42H35N3O4S. The third-order valence-electron chi connectivity index (χ3n) is 7.89. The van der Waals surface area contributed by atoms with Gasteiger partial charge >= 0.3 is 0 Å². The van der Waals surface area contributed by atoms with Crippen molar-refractivity contribution in [2.24, 2.45) is 0 Å². The number of para-hydroxylation sites is 1. The van der Waals surface area contributed by atoms with E-state index in [9.17, 15) is 14.4 Å². The van der Waals surface area contributed by atoms with Gasteiger partial charge in [0.15, 0.2) is 0 Å². The molecule has 0 aliphatic rings. The van der Waals surface area contributed by atoms with Crippen LogP contribution in [0, 0.1) is 13.8 Å². The molecule has 1 atom stereocenters. The lowest BCUT2D eigenvalue weighted by molar-refractivity contribution is -0.116. The van der Waals surface area contributed by atoms with Gasteiger partial charge in [-0.2, -0.15) is 0 Å². The molecule has 8 heteroatoms. The van der Waals surface area contributed by atoms with Gasteiger partial charge in [0, 0.05) is 33.5 Å². The summed E-state index contributed by atoms with van der Waals surface area (Å²) in [6.45, 7) is 3.97. The lowest BCUT2D eigenvalue weighted by Crippen LogP contribution is -2.30. The van der Waals surface area contributed by atoms with Gasteiger partial charge in [-0.25, -0.2) is 0 Å². The fourth-order valence-electron chi connectivity index (χ4n) is 5.15. The van der Waals surface area contributed by atoms with Gasteiger partial charge in [-0.15, -0.1) is 11.8 Å². The molecule has 5 aromatic carbocycles. The maximum absolute atomic E-state index is 13.6. The first-order chi connectivity index (χ1) is 24.3. The van der Waals surface area contributed by atoms with Crippen molar-refractivity contribution in [1.29, 1.82) is 0 Å². The van der Waals surface area contributed by atoms with Crippen molar-refractivity contribution >= 4 is 46.9 Å². The average molecular weight is 678 g/mol. The Bertz CT molecular complexity index is 2120. The molecule has 1 aromatic heterocycles. The van der Waals surface area contributed by atoms with E-state index in [1.54, 1.807) is 42.5 Å². The molecular weight excluding hydrogens is 643 g/mol. The predicted octanol–water partition coefficient (Wildman–Crippen LogP) is 9.45. The Kier molecular flexibility index (Phi) is 10.7. The Morgan fingerprint density at radius 2 is 1.34 bits per heavy atom.